The van der Waals surface area contributed by atoms with Crippen molar-refractivity contribution in [2.75, 3.05) is 0 Å². The van der Waals surface area contributed by atoms with E-state index in [1.165, 1.54) is 0 Å². The monoisotopic (exact) mass is 500 g/mol. The molecule has 0 aliphatic heterocycles. The van der Waals surface area contributed by atoms with E-state index in [2.05, 4.69) is 11.5 Å². The van der Waals surface area contributed by atoms with Gasteiger partial charge in [0.25, 0.3) is 0 Å². The van der Waals surface area contributed by atoms with Gasteiger partial charge in [-0.25, -0.2) is 8.78 Å². The quantitative estimate of drug-likeness (QED) is 0.376. The van der Waals surface area contributed by atoms with E-state index < -0.39 is 58.4 Å². The van der Waals surface area contributed by atoms with Gasteiger partial charge in [0.2, 0.25) is 0 Å². The van der Waals surface area contributed by atoms with E-state index in [9.17, 15) is 52.7 Å². The zero-order chi connectivity index (χ0) is 25.7. The van der Waals surface area contributed by atoms with Crippen LogP contribution in [-0.4, -0.2) is 24.4 Å². The summed E-state index contributed by atoms with van der Waals surface area (Å²) in [5.41, 5.74) is -5.53. The molecule has 2 rings (SSSR count). The normalized spacial score (nSPS) is 17.3. The molecular formula is C18H12F12N2O. The van der Waals surface area contributed by atoms with Gasteiger partial charge in [0, 0.05) is 11.1 Å². The molecule has 0 radical (unpaired) electrons. The van der Waals surface area contributed by atoms with Crippen LogP contribution in [0.1, 0.15) is 11.1 Å². The third-order valence-electron chi connectivity index (χ3n) is 4.44. The van der Waals surface area contributed by atoms with Crippen molar-refractivity contribution in [3.05, 3.63) is 59.7 Å². The Morgan fingerprint density at radius 3 is 0.879 bits per heavy atom. The lowest BCUT2D eigenvalue weighted by Crippen LogP contribution is -2.57. The lowest BCUT2D eigenvalue weighted by Gasteiger charge is -2.32. The van der Waals surface area contributed by atoms with Crippen molar-refractivity contribution >= 4 is 0 Å². The Morgan fingerprint density at radius 2 is 0.697 bits per heavy atom. The molecule has 0 fully saturated rings. The molecule has 0 saturated carbocycles. The third-order valence-corrected chi connectivity index (χ3v) is 4.44. The zero-order valence-corrected chi connectivity index (χ0v) is 15.7. The highest BCUT2D eigenvalue weighted by Gasteiger charge is 2.71. The molecule has 0 bridgehead atoms. The minimum Gasteiger partial charge on any atom is -0.457 e. The minimum absolute atomic E-state index is 0.267. The summed E-state index contributed by atoms with van der Waals surface area (Å²) in [6, 6.07) is -7.26. The molecule has 2 unspecified atom stereocenters. The van der Waals surface area contributed by atoms with E-state index in [-0.39, 0.29) is 24.3 Å². The molecule has 2 aromatic rings. The third kappa shape index (κ3) is 4.55. The molecule has 2 atom stereocenters. The second-order valence-corrected chi connectivity index (χ2v) is 6.71. The first-order chi connectivity index (χ1) is 14.7. The van der Waals surface area contributed by atoms with Crippen LogP contribution in [0.4, 0.5) is 52.7 Å². The summed E-state index contributed by atoms with van der Waals surface area (Å²) in [7, 11) is 0. The molecule has 0 aliphatic carbocycles. The molecule has 0 saturated heterocycles. The average molecular weight is 500 g/mol. The van der Waals surface area contributed by atoms with Crippen molar-refractivity contribution in [2.45, 2.75) is 35.8 Å². The largest absolute Gasteiger partial charge is 0.457 e. The molecule has 3 nitrogen and oxygen atoms in total. The number of hydrogen-bond acceptors (Lipinski definition) is 3. The van der Waals surface area contributed by atoms with Gasteiger partial charge in [-0.1, -0.05) is 24.3 Å². The van der Waals surface area contributed by atoms with Crippen LogP contribution in [0.25, 0.3) is 0 Å². The zero-order valence-electron chi connectivity index (χ0n) is 15.7. The smallest absolute Gasteiger partial charge is 0.434 e. The van der Waals surface area contributed by atoms with E-state index >= 15 is 0 Å². The fourth-order valence-corrected chi connectivity index (χ4v) is 2.73. The Morgan fingerprint density at radius 1 is 0.455 bits per heavy atom. The second kappa shape index (κ2) is 7.97. The number of ether oxygens (including phenoxy) is 1. The van der Waals surface area contributed by atoms with Crippen LogP contribution < -0.4 is 16.2 Å². The molecule has 0 heterocycles. The summed E-state index contributed by atoms with van der Waals surface area (Å²) in [6.07, 6.45) is -12.2. The fraction of sp³-hybridized carbons (Fsp3) is 0.333. The van der Waals surface area contributed by atoms with E-state index in [4.69, 9.17) is 4.74 Å². The topological polar surface area (TPSA) is 61.3 Å². The Balaban J connectivity index is 2.34. The Labute approximate surface area is 176 Å². The fourth-order valence-electron chi connectivity index (χ4n) is 2.73. The highest BCUT2D eigenvalue weighted by Crippen LogP contribution is 2.51. The maximum atomic E-state index is 14.2. The van der Waals surface area contributed by atoms with E-state index in [1.54, 1.807) is 0 Å². The van der Waals surface area contributed by atoms with Gasteiger partial charge in [-0.2, -0.15) is 43.9 Å². The molecule has 0 amide bonds. The van der Waals surface area contributed by atoms with Crippen molar-refractivity contribution in [3.8, 4) is 11.5 Å². The predicted molar refractivity (Wildman–Crippen MR) is 88.9 cm³/mol. The van der Waals surface area contributed by atoms with Gasteiger partial charge in [0.15, 0.2) is 0 Å². The highest BCUT2D eigenvalue weighted by molar-refractivity contribution is 5.39. The number of nitrogens with two attached hydrogens (primary N) is 2. The summed E-state index contributed by atoms with van der Waals surface area (Å²) in [4.78, 5) is 0. The van der Waals surface area contributed by atoms with Crippen molar-refractivity contribution in [1.82, 2.24) is 0 Å². The van der Waals surface area contributed by atoms with Crippen LogP contribution in [0.2, 0.25) is 0 Å². The average Bonchev–Trinajstić information content (AvgIpc) is 2.64. The molecule has 184 valence electrons. The maximum absolute atomic E-state index is 14.2. The number of hydrogen-bond donors (Lipinski definition) is 2. The second-order valence-electron chi connectivity index (χ2n) is 6.71. The van der Waals surface area contributed by atoms with Gasteiger partial charge < -0.3 is 4.74 Å². The molecule has 0 aromatic heterocycles. The van der Waals surface area contributed by atoms with Crippen molar-refractivity contribution in [3.63, 3.8) is 0 Å². The highest BCUT2D eigenvalue weighted by atomic mass is 19.4. The lowest BCUT2D eigenvalue weighted by molar-refractivity contribution is -0.308. The number of benzene rings is 2. The Bertz CT molecular complexity index is 849. The molecule has 0 aliphatic rings. The molecule has 2 aromatic carbocycles. The van der Waals surface area contributed by atoms with E-state index in [0.29, 0.717) is 24.3 Å². The van der Waals surface area contributed by atoms with Crippen LogP contribution in [0.3, 0.4) is 0 Å². The van der Waals surface area contributed by atoms with Gasteiger partial charge in [-0.05, 0) is 24.3 Å². The first-order valence-electron chi connectivity index (χ1n) is 8.40. The van der Waals surface area contributed by atoms with E-state index in [0.717, 1.165) is 0 Å². The standard InChI is InChI=1S/C18H12F12N2O/c19-13(15(21,22)23,17(27,28)31)9-1-5-11(6-2-9)33-12-7-3-10(4-8-12)14(20,16(24,25)26)18(29,30)32/h1-8H,31-32H2. The van der Waals surface area contributed by atoms with Crippen LogP contribution in [0.5, 0.6) is 11.5 Å². The molecular weight excluding hydrogens is 488 g/mol. The van der Waals surface area contributed by atoms with Crippen LogP contribution in [0, 0.1) is 0 Å². The van der Waals surface area contributed by atoms with Gasteiger partial charge in [0.05, 0.1) is 0 Å². The Hall–Kier alpha value is -2.68. The molecule has 0 spiro atoms. The predicted octanol–water partition coefficient (Wildman–Crippen LogP) is 6.04. The maximum Gasteiger partial charge on any atom is 0.434 e. The number of alkyl halides is 12. The first kappa shape index (κ1) is 26.6. The number of rotatable bonds is 6. The Kier molecular flexibility index (Phi) is 6.42. The number of halogens is 12. The van der Waals surface area contributed by atoms with E-state index in [1.807, 2.05) is 0 Å². The van der Waals surface area contributed by atoms with Crippen LogP contribution in [0.15, 0.2) is 48.5 Å². The lowest BCUT2D eigenvalue weighted by atomic mass is 9.92. The first-order valence-corrected chi connectivity index (χ1v) is 8.40. The summed E-state index contributed by atoms with van der Waals surface area (Å²) in [6.45, 7) is 0. The van der Waals surface area contributed by atoms with Gasteiger partial charge in [-0.15, -0.1) is 0 Å². The molecule has 15 heteroatoms. The minimum atomic E-state index is -6.11. The summed E-state index contributed by atoms with van der Waals surface area (Å²) >= 11 is 0. The summed E-state index contributed by atoms with van der Waals surface area (Å²) < 4.78 is 164. The van der Waals surface area contributed by atoms with Gasteiger partial charge in [-0.3, -0.25) is 11.5 Å². The van der Waals surface area contributed by atoms with Gasteiger partial charge >= 0.3 is 35.8 Å². The van der Waals surface area contributed by atoms with Crippen molar-refractivity contribution in [2.24, 2.45) is 11.5 Å². The molecule has 4 N–H and O–H groups in total. The van der Waals surface area contributed by atoms with Gasteiger partial charge in [0.1, 0.15) is 11.5 Å². The van der Waals surface area contributed by atoms with Crippen molar-refractivity contribution < 1.29 is 57.4 Å². The van der Waals surface area contributed by atoms with Crippen LogP contribution in [-0.2, 0) is 11.3 Å². The SMILES string of the molecule is NC(F)(F)C(F)(c1ccc(Oc2ccc(C(F)(C(N)(F)F)C(F)(F)F)cc2)cc1)C(F)(F)F. The molecule has 33 heavy (non-hydrogen) atoms. The summed E-state index contributed by atoms with van der Waals surface area (Å²) in [5, 5.41) is 0. The summed E-state index contributed by atoms with van der Waals surface area (Å²) in [5.74, 6) is -0.856. The van der Waals surface area contributed by atoms with Crippen molar-refractivity contribution in [1.29, 1.82) is 0 Å². The van der Waals surface area contributed by atoms with Crippen LogP contribution >= 0.6 is 0 Å².